The lowest BCUT2D eigenvalue weighted by molar-refractivity contribution is 0.238. The van der Waals surface area contributed by atoms with E-state index in [0.717, 1.165) is 41.7 Å². The minimum Gasteiger partial charge on any atom is -0.493 e. The zero-order chi connectivity index (χ0) is 24.2. The second-order valence-electron chi connectivity index (χ2n) is 9.74. The minimum absolute atomic E-state index is 0.126. The predicted molar refractivity (Wildman–Crippen MR) is 145 cm³/mol. The monoisotopic (exact) mass is 487 g/mol. The molecular weight excluding hydrogens is 454 g/mol. The standard InChI is InChI=1S/C31H34ClNO2/c1-22-19-29-30(20-23(22)2)35-17-13-26(21-24-5-9-27(32)10-6-24)31(29)25-7-11-28(12-8-25)34-18-16-33-14-3-4-15-33/h5-12,19-21,31H,3-4,13-18H2,1-2H3/b26-21+. The first-order valence-electron chi connectivity index (χ1n) is 12.7. The van der Waals surface area contributed by atoms with Crippen LogP contribution in [-0.4, -0.2) is 37.7 Å². The molecule has 0 spiro atoms. The van der Waals surface area contributed by atoms with E-state index in [-0.39, 0.29) is 5.92 Å². The van der Waals surface area contributed by atoms with E-state index in [1.807, 2.05) is 12.1 Å². The lowest BCUT2D eigenvalue weighted by Gasteiger charge is -2.22. The highest BCUT2D eigenvalue weighted by Gasteiger charge is 2.26. The zero-order valence-electron chi connectivity index (χ0n) is 20.7. The fraction of sp³-hybridized carbons (Fsp3) is 0.355. The van der Waals surface area contributed by atoms with Gasteiger partial charge in [0.05, 0.1) is 6.61 Å². The molecule has 182 valence electrons. The van der Waals surface area contributed by atoms with Gasteiger partial charge < -0.3 is 9.47 Å². The number of benzene rings is 3. The molecule has 3 aromatic rings. The molecule has 2 heterocycles. The number of ether oxygens (including phenoxy) is 2. The molecule has 0 aliphatic carbocycles. The molecule has 1 fully saturated rings. The molecule has 35 heavy (non-hydrogen) atoms. The average molecular weight is 488 g/mol. The van der Waals surface area contributed by atoms with Crippen molar-refractivity contribution in [3.05, 3.63) is 99.1 Å². The summed E-state index contributed by atoms with van der Waals surface area (Å²) in [6.07, 6.45) is 5.79. The maximum Gasteiger partial charge on any atom is 0.123 e. The Balaban J connectivity index is 1.45. The molecule has 0 bridgehead atoms. The molecule has 1 unspecified atom stereocenters. The van der Waals surface area contributed by atoms with Crippen molar-refractivity contribution in [1.29, 1.82) is 0 Å². The van der Waals surface area contributed by atoms with Gasteiger partial charge in [0.2, 0.25) is 0 Å². The summed E-state index contributed by atoms with van der Waals surface area (Å²) in [7, 11) is 0. The van der Waals surface area contributed by atoms with Gasteiger partial charge in [0.15, 0.2) is 0 Å². The van der Waals surface area contributed by atoms with Gasteiger partial charge in [-0.3, -0.25) is 4.90 Å². The Morgan fingerprint density at radius 3 is 2.43 bits per heavy atom. The number of fused-ring (bicyclic) bond motifs is 1. The van der Waals surface area contributed by atoms with Crippen LogP contribution in [0.2, 0.25) is 5.02 Å². The van der Waals surface area contributed by atoms with E-state index in [0.29, 0.717) is 6.61 Å². The van der Waals surface area contributed by atoms with E-state index in [9.17, 15) is 0 Å². The van der Waals surface area contributed by atoms with Crippen LogP contribution in [0.15, 0.2) is 66.2 Å². The lowest BCUT2D eigenvalue weighted by atomic mass is 9.81. The summed E-state index contributed by atoms with van der Waals surface area (Å²) in [6, 6.07) is 21.2. The van der Waals surface area contributed by atoms with Crippen LogP contribution in [0.3, 0.4) is 0 Å². The van der Waals surface area contributed by atoms with Crippen LogP contribution in [0.1, 0.15) is 53.0 Å². The first-order chi connectivity index (χ1) is 17.1. The smallest absolute Gasteiger partial charge is 0.123 e. The van der Waals surface area contributed by atoms with Crippen molar-refractivity contribution in [2.24, 2.45) is 0 Å². The van der Waals surface area contributed by atoms with Crippen molar-refractivity contribution in [3.8, 4) is 11.5 Å². The van der Waals surface area contributed by atoms with Crippen molar-refractivity contribution in [2.45, 2.75) is 39.0 Å². The van der Waals surface area contributed by atoms with Crippen molar-refractivity contribution < 1.29 is 9.47 Å². The Morgan fingerprint density at radius 1 is 0.971 bits per heavy atom. The van der Waals surface area contributed by atoms with Crippen LogP contribution >= 0.6 is 11.6 Å². The molecule has 5 rings (SSSR count). The van der Waals surface area contributed by atoms with Crippen molar-refractivity contribution in [1.82, 2.24) is 4.90 Å². The van der Waals surface area contributed by atoms with Crippen LogP contribution in [-0.2, 0) is 0 Å². The Kier molecular flexibility index (Phi) is 7.46. The van der Waals surface area contributed by atoms with Crippen LogP contribution in [0.5, 0.6) is 11.5 Å². The molecule has 2 aliphatic rings. The topological polar surface area (TPSA) is 21.7 Å². The largest absolute Gasteiger partial charge is 0.493 e. The molecule has 3 nitrogen and oxygen atoms in total. The summed E-state index contributed by atoms with van der Waals surface area (Å²) in [5.41, 5.74) is 7.53. The van der Waals surface area contributed by atoms with Crippen LogP contribution in [0, 0.1) is 13.8 Å². The minimum atomic E-state index is 0.126. The molecule has 0 aromatic heterocycles. The van der Waals surface area contributed by atoms with E-state index < -0.39 is 0 Å². The van der Waals surface area contributed by atoms with Crippen molar-refractivity contribution >= 4 is 17.7 Å². The van der Waals surface area contributed by atoms with Gasteiger partial charge in [0.1, 0.15) is 18.1 Å². The Labute approximate surface area is 214 Å². The van der Waals surface area contributed by atoms with Gasteiger partial charge in [-0.2, -0.15) is 0 Å². The van der Waals surface area contributed by atoms with Crippen molar-refractivity contribution in [2.75, 3.05) is 32.8 Å². The molecule has 1 saturated heterocycles. The Bertz CT molecular complexity index is 1180. The number of hydrogen-bond donors (Lipinski definition) is 0. The number of aryl methyl sites for hydroxylation is 2. The first-order valence-corrected chi connectivity index (χ1v) is 13.1. The van der Waals surface area contributed by atoms with E-state index >= 15 is 0 Å². The number of nitrogens with zero attached hydrogens (tertiary/aromatic N) is 1. The summed E-state index contributed by atoms with van der Waals surface area (Å²) < 4.78 is 12.3. The second-order valence-corrected chi connectivity index (χ2v) is 10.2. The van der Waals surface area contributed by atoms with Gasteiger partial charge in [-0.25, -0.2) is 0 Å². The highest BCUT2D eigenvalue weighted by atomic mass is 35.5. The quantitative estimate of drug-likeness (QED) is 0.361. The van der Waals surface area contributed by atoms with Crippen LogP contribution < -0.4 is 9.47 Å². The number of halogens is 1. The molecule has 0 amide bonds. The summed E-state index contributed by atoms with van der Waals surface area (Å²) in [5, 5.41) is 0.754. The molecule has 3 aromatic carbocycles. The van der Waals surface area contributed by atoms with Crippen molar-refractivity contribution in [3.63, 3.8) is 0 Å². The first kappa shape index (κ1) is 24.0. The fourth-order valence-corrected chi connectivity index (χ4v) is 5.29. The van der Waals surface area contributed by atoms with Crippen LogP contribution in [0.4, 0.5) is 0 Å². The maximum absolute atomic E-state index is 6.26. The summed E-state index contributed by atoms with van der Waals surface area (Å²) in [5.74, 6) is 2.05. The van der Waals surface area contributed by atoms with E-state index in [2.05, 4.69) is 73.4 Å². The third-order valence-corrected chi connectivity index (χ3v) is 7.52. The van der Waals surface area contributed by atoms with E-state index in [4.69, 9.17) is 21.1 Å². The summed E-state index contributed by atoms with van der Waals surface area (Å²) >= 11 is 6.14. The molecular formula is C31H34ClNO2. The average Bonchev–Trinajstić information content (AvgIpc) is 3.32. The predicted octanol–water partition coefficient (Wildman–Crippen LogP) is 7.43. The van der Waals surface area contributed by atoms with Gasteiger partial charge in [-0.05, 0) is 92.4 Å². The third kappa shape index (κ3) is 5.74. The normalized spacial score (nSPS) is 19.3. The van der Waals surface area contributed by atoms with Gasteiger partial charge >= 0.3 is 0 Å². The Morgan fingerprint density at radius 2 is 1.69 bits per heavy atom. The third-order valence-electron chi connectivity index (χ3n) is 7.27. The maximum atomic E-state index is 6.26. The number of likely N-dealkylation sites (tertiary alicyclic amines) is 1. The van der Waals surface area contributed by atoms with E-state index in [1.165, 1.54) is 53.8 Å². The highest BCUT2D eigenvalue weighted by molar-refractivity contribution is 6.30. The number of rotatable bonds is 6. The fourth-order valence-electron chi connectivity index (χ4n) is 5.16. The van der Waals surface area contributed by atoms with Gasteiger partial charge in [-0.15, -0.1) is 0 Å². The molecule has 4 heteroatoms. The molecule has 0 radical (unpaired) electrons. The Hall–Kier alpha value is -2.75. The van der Waals surface area contributed by atoms with Gasteiger partial charge in [0, 0.05) is 29.5 Å². The molecule has 1 atom stereocenters. The van der Waals surface area contributed by atoms with E-state index in [1.54, 1.807) is 0 Å². The van der Waals surface area contributed by atoms with Crippen LogP contribution in [0.25, 0.3) is 6.08 Å². The SMILES string of the molecule is Cc1cc2c(cc1C)C(c1ccc(OCCN3CCCC3)cc1)/C(=C/c1ccc(Cl)cc1)CCO2. The molecule has 0 saturated carbocycles. The number of hydrogen-bond acceptors (Lipinski definition) is 3. The van der Waals surface area contributed by atoms with Gasteiger partial charge in [0.25, 0.3) is 0 Å². The zero-order valence-corrected chi connectivity index (χ0v) is 21.5. The summed E-state index contributed by atoms with van der Waals surface area (Å²) in [6.45, 7) is 9.14. The second kappa shape index (κ2) is 10.9. The lowest BCUT2D eigenvalue weighted by Crippen LogP contribution is -2.25. The molecule has 2 aliphatic heterocycles. The van der Waals surface area contributed by atoms with Gasteiger partial charge in [-0.1, -0.05) is 53.6 Å². The summed E-state index contributed by atoms with van der Waals surface area (Å²) in [4.78, 5) is 2.48. The molecule has 0 N–H and O–H groups in total. The highest BCUT2D eigenvalue weighted by Crippen LogP contribution is 2.43.